The second-order valence-corrected chi connectivity index (χ2v) is 26.1. The summed E-state index contributed by atoms with van der Waals surface area (Å²) in [7, 11) is -2.58. The molecule has 43 heavy (non-hydrogen) atoms. The lowest BCUT2D eigenvalue weighted by molar-refractivity contribution is 0.0228. The summed E-state index contributed by atoms with van der Waals surface area (Å²) >= 11 is 4.81. The lowest BCUT2D eigenvalue weighted by Crippen LogP contribution is -2.27. The van der Waals surface area contributed by atoms with Gasteiger partial charge in [-0.1, -0.05) is 78.9 Å². The van der Waals surface area contributed by atoms with E-state index in [2.05, 4.69) is 61.3 Å². The molecule has 2 aromatic carbocycles. The van der Waals surface area contributed by atoms with E-state index < -0.39 is 16.1 Å². The topological polar surface area (TPSA) is 108 Å². The zero-order valence-electron chi connectivity index (χ0n) is 25.7. The zero-order valence-corrected chi connectivity index (χ0v) is 30.1. The van der Waals surface area contributed by atoms with Gasteiger partial charge in [0.2, 0.25) is 0 Å². The van der Waals surface area contributed by atoms with Crippen LogP contribution in [0.4, 0.5) is 0 Å². The third kappa shape index (κ3) is 8.52. The Morgan fingerprint density at radius 3 is 2.37 bits per heavy atom. The Kier molecular flexibility index (Phi) is 10.8. The Morgan fingerprint density at radius 2 is 1.70 bits per heavy atom. The fraction of sp³-hybridized carbons (Fsp3) is 0.467. The van der Waals surface area contributed by atoms with Crippen LogP contribution in [-0.4, -0.2) is 49.7 Å². The summed E-state index contributed by atoms with van der Waals surface area (Å²) in [5.41, 5.74) is 1.31. The highest BCUT2D eigenvalue weighted by atomic mass is 79.9. The first-order chi connectivity index (χ1) is 20.3. The number of aromatic nitrogens is 3. The van der Waals surface area contributed by atoms with Crippen molar-refractivity contribution in [2.75, 3.05) is 20.0 Å². The minimum Gasteiger partial charge on any atom is -0.465 e. The van der Waals surface area contributed by atoms with Gasteiger partial charge in [-0.25, -0.2) is 4.98 Å². The molecule has 2 heterocycles. The van der Waals surface area contributed by atoms with Crippen LogP contribution in [0.25, 0.3) is 32.4 Å². The number of aryl methyl sites for hydroxylation is 1. The van der Waals surface area contributed by atoms with E-state index in [1.165, 1.54) is 11.5 Å². The number of fused-ring (bicyclic) bond motifs is 2. The van der Waals surface area contributed by atoms with Crippen LogP contribution in [0.15, 0.2) is 44.4 Å². The van der Waals surface area contributed by atoms with Crippen LogP contribution >= 0.6 is 27.5 Å². The molecule has 0 fully saturated rings. The Hall–Kier alpha value is -2.61. The maximum atomic E-state index is 14.1. The average molecular weight is 704 g/mol. The van der Waals surface area contributed by atoms with Crippen LogP contribution in [0.2, 0.25) is 51.4 Å². The van der Waals surface area contributed by atoms with Crippen molar-refractivity contribution in [2.24, 2.45) is 0 Å². The minimum atomic E-state index is -1.34. The smallest absolute Gasteiger partial charge is 0.279 e. The number of nitrogens with zero attached hydrogens (tertiary/aromatic N) is 4. The van der Waals surface area contributed by atoms with Crippen LogP contribution in [0, 0.1) is 11.3 Å². The van der Waals surface area contributed by atoms with Crippen molar-refractivity contribution in [2.45, 2.75) is 71.1 Å². The summed E-state index contributed by atoms with van der Waals surface area (Å²) in [5.74, 6) is 0.474. The van der Waals surface area contributed by atoms with Gasteiger partial charge in [-0.05, 0) is 30.3 Å². The minimum absolute atomic E-state index is 0.0489. The molecule has 2 aromatic heterocycles. The summed E-state index contributed by atoms with van der Waals surface area (Å²) < 4.78 is 22.5. The van der Waals surface area contributed by atoms with Gasteiger partial charge in [0.25, 0.3) is 11.1 Å². The van der Waals surface area contributed by atoms with Gasteiger partial charge in [0.15, 0.2) is 12.5 Å². The number of hydrogen-bond acceptors (Lipinski definition) is 8. The van der Waals surface area contributed by atoms with Crippen LogP contribution in [0.1, 0.15) is 6.42 Å². The normalized spacial score (nSPS) is 12.2. The lowest BCUT2D eigenvalue weighted by Gasteiger charge is -2.18. The van der Waals surface area contributed by atoms with E-state index in [9.17, 15) is 9.59 Å². The van der Waals surface area contributed by atoms with Gasteiger partial charge in [-0.15, -0.1) is 0 Å². The molecule has 0 N–H and O–H groups in total. The summed E-state index contributed by atoms with van der Waals surface area (Å²) in [5, 5.41) is 9.54. The monoisotopic (exact) mass is 702 g/mol. The molecule has 230 valence electrons. The van der Waals surface area contributed by atoms with E-state index in [0.717, 1.165) is 16.6 Å². The Bertz CT molecular complexity index is 1770. The van der Waals surface area contributed by atoms with Crippen molar-refractivity contribution in [1.82, 2.24) is 13.5 Å². The molecule has 0 bridgehead atoms. The third-order valence-corrected chi connectivity index (χ3v) is 11.9. The van der Waals surface area contributed by atoms with Crippen LogP contribution in [0.3, 0.4) is 0 Å². The highest BCUT2D eigenvalue weighted by Gasteiger charge is 2.21. The lowest BCUT2D eigenvalue weighted by atomic mass is 10.1. The first-order valence-electron chi connectivity index (χ1n) is 14.3. The van der Waals surface area contributed by atoms with E-state index in [0.29, 0.717) is 45.6 Å². The van der Waals surface area contributed by atoms with Gasteiger partial charge in [0.1, 0.15) is 17.9 Å². The number of ether oxygens (including phenoxy) is 3. The maximum absolute atomic E-state index is 14.1. The molecule has 0 amide bonds. The largest absolute Gasteiger partial charge is 0.465 e. The molecule has 0 aliphatic carbocycles. The molecule has 0 aliphatic rings. The molecule has 0 aliphatic heterocycles. The van der Waals surface area contributed by atoms with Crippen LogP contribution in [0.5, 0.6) is 5.75 Å². The Morgan fingerprint density at radius 1 is 1.00 bits per heavy atom. The van der Waals surface area contributed by atoms with Crippen LogP contribution < -0.4 is 15.9 Å². The molecule has 0 saturated heterocycles. The van der Waals surface area contributed by atoms with Gasteiger partial charge in [0, 0.05) is 45.9 Å². The number of benzene rings is 2. The fourth-order valence-electron chi connectivity index (χ4n) is 4.34. The van der Waals surface area contributed by atoms with Gasteiger partial charge < -0.3 is 14.2 Å². The second-order valence-electron chi connectivity index (χ2n) is 12.9. The number of halogens is 1. The molecular weight excluding hydrogens is 664 g/mol. The molecule has 4 rings (SSSR count). The van der Waals surface area contributed by atoms with Crippen molar-refractivity contribution >= 4 is 64.7 Å². The summed E-state index contributed by atoms with van der Waals surface area (Å²) in [6.07, 6.45) is 0.216. The molecule has 0 saturated carbocycles. The molecule has 4 aromatic rings. The van der Waals surface area contributed by atoms with Crippen LogP contribution in [-0.2, 0) is 22.7 Å². The summed E-state index contributed by atoms with van der Waals surface area (Å²) in [4.78, 5) is 32.1. The second kappa shape index (κ2) is 14.0. The van der Waals surface area contributed by atoms with E-state index >= 15 is 0 Å². The summed E-state index contributed by atoms with van der Waals surface area (Å²) in [6, 6.07) is 13.0. The quantitative estimate of drug-likeness (QED) is 0.0782. The molecule has 9 nitrogen and oxygen atoms in total. The standard InChI is InChI=1S/C30H39BrN4O5SSi2/c1-42(2,3)15-13-38-19-34-24-17-21(31)18-25(40-20-39-14-16-43(4,5)6)27(24)33-26(30(34)37)22-9-7-10-23-28(22)41-35(29(23)36)12-8-11-32/h7,9-10,17-18H,8,12-16,19-20H2,1-6H3. The molecule has 0 atom stereocenters. The molecule has 0 spiro atoms. The fourth-order valence-corrected chi connectivity index (χ4v) is 7.38. The first-order valence-corrected chi connectivity index (χ1v) is 23.3. The molecule has 13 heteroatoms. The predicted molar refractivity (Wildman–Crippen MR) is 183 cm³/mol. The van der Waals surface area contributed by atoms with Gasteiger partial charge >= 0.3 is 0 Å². The maximum Gasteiger partial charge on any atom is 0.279 e. The average Bonchev–Trinajstić information content (AvgIpc) is 3.24. The van der Waals surface area contributed by atoms with Crippen molar-refractivity contribution in [3.63, 3.8) is 0 Å². The van der Waals surface area contributed by atoms with E-state index in [1.54, 1.807) is 26.7 Å². The van der Waals surface area contributed by atoms with E-state index in [1.807, 2.05) is 12.1 Å². The van der Waals surface area contributed by atoms with Crippen molar-refractivity contribution in [1.29, 1.82) is 5.26 Å². The predicted octanol–water partition coefficient (Wildman–Crippen LogP) is 7.12. The highest BCUT2D eigenvalue weighted by Crippen LogP contribution is 2.33. The Labute approximate surface area is 266 Å². The first kappa shape index (κ1) is 33.3. The summed E-state index contributed by atoms with van der Waals surface area (Å²) in [6.45, 7) is 15.3. The van der Waals surface area contributed by atoms with Gasteiger partial charge in [0.05, 0.1) is 28.1 Å². The number of hydrogen-bond donors (Lipinski definition) is 0. The van der Waals surface area contributed by atoms with E-state index in [4.69, 9.17) is 24.5 Å². The van der Waals surface area contributed by atoms with E-state index in [-0.39, 0.29) is 43.3 Å². The molecule has 0 unspecified atom stereocenters. The molecular formula is C30H39BrN4O5SSi2. The van der Waals surface area contributed by atoms with Gasteiger partial charge in [-0.2, -0.15) is 5.26 Å². The van der Waals surface area contributed by atoms with Crippen molar-refractivity contribution < 1.29 is 14.2 Å². The zero-order chi connectivity index (χ0) is 31.4. The SMILES string of the molecule is C[Si](C)(C)CCOCOc1cc(Br)cc2c1nc(-c1cccc3c(=O)n(CCC#N)sc13)c(=O)n2COCC[Si](C)(C)C. The number of rotatable bonds is 14. The van der Waals surface area contributed by atoms with Crippen molar-refractivity contribution in [3.8, 4) is 23.1 Å². The third-order valence-electron chi connectivity index (χ3n) is 6.85. The van der Waals surface area contributed by atoms with Gasteiger partial charge in [-0.3, -0.25) is 18.1 Å². The Balaban J connectivity index is 1.83. The highest BCUT2D eigenvalue weighted by molar-refractivity contribution is 9.10. The number of nitriles is 1. The van der Waals surface area contributed by atoms with Crippen molar-refractivity contribution in [3.05, 3.63) is 55.5 Å². The molecule has 0 radical (unpaired) electrons.